The van der Waals surface area contributed by atoms with Crippen LogP contribution in [0.1, 0.15) is 59.3 Å². The fraction of sp³-hybridized carbons (Fsp3) is 0.733. The Morgan fingerprint density at radius 3 is 2.38 bits per heavy atom. The van der Waals surface area contributed by atoms with Gasteiger partial charge in [-0.05, 0) is 26.7 Å². The van der Waals surface area contributed by atoms with Gasteiger partial charge >= 0.3 is 5.97 Å². The van der Waals surface area contributed by atoms with Crippen LogP contribution in [0.3, 0.4) is 0 Å². The highest BCUT2D eigenvalue weighted by molar-refractivity contribution is 6.26. The number of hydrogen-bond acceptors (Lipinski definition) is 5. The van der Waals surface area contributed by atoms with Crippen molar-refractivity contribution in [3.63, 3.8) is 0 Å². The van der Waals surface area contributed by atoms with E-state index in [1.54, 1.807) is 13.8 Å². The Morgan fingerprint density at radius 2 is 1.86 bits per heavy atom. The smallest absolute Gasteiger partial charge is 0.328 e. The fourth-order valence-electron chi connectivity index (χ4n) is 1.72. The summed E-state index contributed by atoms with van der Waals surface area (Å²) in [6, 6.07) is -0.828. The molecule has 6 heteroatoms. The van der Waals surface area contributed by atoms with Gasteiger partial charge < -0.3 is 15.5 Å². The van der Waals surface area contributed by atoms with Gasteiger partial charge in [0.05, 0.1) is 12.3 Å². The van der Waals surface area contributed by atoms with Crippen molar-refractivity contribution >= 4 is 23.9 Å². The number of esters is 1. The summed E-state index contributed by atoms with van der Waals surface area (Å²) in [6.07, 6.45) is 3.73. The minimum atomic E-state index is -0.828. The first-order valence-corrected chi connectivity index (χ1v) is 7.43. The molecule has 0 aliphatic carbocycles. The molecule has 0 rings (SSSR count). The van der Waals surface area contributed by atoms with E-state index in [0.29, 0.717) is 12.6 Å². The predicted octanol–water partition coefficient (Wildman–Crippen LogP) is 2.00. The second-order valence-electron chi connectivity index (χ2n) is 5.21. The molecule has 0 radical (unpaired) electrons. The second kappa shape index (κ2) is 11.0. The van der Waals surface area contributed by atoms with Crippen LogP contribution in [0.2, 0.25) is 0 Å². The van der Waals surface area contributed by atoms with E-state index in [1.807, 2.05) is 6.92 Å². The third kappa shape index (κ3) is 9.76. The van der Waals surface area contributed by atoms with Gasteiger partial charge in [-0.15, -0.1) is 0 Å². The number of nitrogens with one attached hydrogen (secondary N) is 2. The van der Waals surface area contributed by atoms with Gasteiger partial charge in [-0.25, -0.2) is 4.79 Å². The maximum Gasteiger partial charge on any atom is 0.328 e. The second-order valence-corrected chi connectivity index (χ2v) is 5.21. The van der Waals surface area contributed by atoms with Crippen molar-refractivity contribution in [3.05, 3.63) is 0 Å². The van der Waals surface area contributed by atoms with Gasteiger partial charge in [0.2, 0.25) is 5.91 Å². The van der Waals surface area contributed by atoms with Crippen LogP contribution >= 0.6 is 0 Å². The van der Waals surface area contributed by atoms with Gasteiger partial charge in [0.25, 0.3) is 0 Å². The maximum absolute atomic E-state index is 11.9. The van der Waals surface area contributed by atoms with E-state index in [-0.39, 0.29) is 30.6 Å². The molecule has 0 aromatic heterocycles. The van der Waals surface area contributed by atoms with Crippen LogP contribution in [0.5, 0.6) is 0 Å². The Bertz CT molecular complexity index is 367. The van der Waals surface area contributed by atoms with Crippen molar-refractivity contribution in [2.75, 3.05) is 0 Å². The molecular formula is C15H26N2O4. The predicted molar refractivity (Wildman–Crippen MR) is 80.3 cm³/mol. The van der Waals surface area contributed by atoms with Crippen molar-refractivity contribution < 1.29 is 19.1 Å². The van der Waals surface area contributed by atoms with E-state index in [2.05, 4.69) is 5.32 Å². The number of Topliss-reactive ketones (excluding diaryl/α,β-unsaturated/α-hetero) is 1. The first-order valence-electron chi connectivity index (χ1n) is 7.43. The average Bonchev–Trinajstić information content (AvgIpc) is 2.42. The molecule has 6 nitrogen and oxygen atoms in total. The lowest BCUT2D eigenvalue weighted by Gasteiger charge is -2.18. The molecule has 0 fully saturated rings. The molecule has 0 aromatic rings. The lowest BCUT2D eigenvalue weighted by Crippen LogP contribution is -2.42. The summed E-state index contributed by atoms with van der Waals surface area (Å²) in [5.74, 6) is -1.12. The first kappa shape index (κ1) is 19.3. The number of amides is 1. The lowest BCUT2D eigenvalue weighted by molar-refractivity contribution is -0.151. The largest absolute Gasteiger partial charge is 0.461 e. The zero-order chi connectivity index (χ0) is 16.3. The molecule has 0 heterocycles. The van der Waals surface area contributed by atoms with Crippen LogP contribution in [0.15, 0.2) is 0 Å². The summed E-state index contributed by atoms with van der Waals surface area (Å²) in [5.41, 5.74) is 0. The molecule has 0 aliphatic rings. The van der Waals surface area contributed by atoms with E-state index in [0.717, 1.165) is 19.3 Å². The Balaban J connectivity index is 4.48. The van der Waals surface area contributed by atoms with E-state index in [1.165, 1.54) is 0 Å². The molecule has 0 spiro atoms. The van der Waals surface area contributed by atoms with Crippen LogP contribution < -0.4 is 5.32 Å². The Morgan fingerprint density at radius 1 is 1.19 bits per heavy atom. The number of ether oxygens (including phenoxy) is 1. The fourth-order valence-corrected chi connectivity index (χ4v) is 1.72. The summed E-state index contributed by atoms with van der Waals surface area (Å²) in [6.45, 7) is 5.49. The Labute approximate surface area is 126 Å². The van der Waals surface area contributed by atoms with Gasteiger partial charge in [-0.2, -0.15) is 0 Å². The number of carbonyl (C=O) groups excluding carboxylic acids is 3. The number of carbonyl (C=O) groups is 3. The minimum absolute atomic E-state index is 0.0383. The molecular weight excluding hydrogens is 272 g/mol. The van der Waals surface area contributed by atoms with Gasteiger partial charge in [0, 0.05) is 12.8 Å². The summed E-state index contributed by atoms with van der Waals surface area (Å²) in [7, 11) is 0. The van der Waals surface area contributed by atoms with Gasteiger partial charge in [0.1, 0.15) is 6.04 Å². The standard InChI is InChI=1S/C15H26N2O4/c1-4-5-6-7-14(19)17-13(9-8-12(18)10-16)15(20)21-11(2)3/h10-11,13,16H,4-9H2,1-3H3,(H,17,19)/t13-/m0/s1. The van der Waals surface area contributed by atoms with Crippen molar-refractivity contribution in [3.8, 4) is 0 Å². The van der Waals surface area contributed by atoms with Gasteiger partial charge in [-0.3, -0.25) is 9.59 Å². The average molecular weight is 298 g/mol. The van der Waals surface area contributed by atoms with Gasteiger partial charge in [0.15, 0.2) is 5.78 Å². The molecule has 0 bridgehead atoms. The quantitative estimate of drug-likeness (QED) is 0.346. The molecule has 0 unspecified atom stereocenters. The number of hydrogen-bond donors (Lipinski definition) is 2. The van der Waals surface area contributed by atoms with Crippen LogP contribution in [0.4, 0.5) is 0 Å². The number of ketones is 1. The third-order valence-electron chi connectivity index (χ3n) is 2.82. The minimum Gasteiger partial charge on any atom is -0.461 e. The Kier molecular flexibility index (Phi) is 10.1. The zero-order valence-electron chi connectivity index (χ0n) is 13.1. The van der Waals surface area contributed by atoms with Crippen LogP contribution in [0.25, 0.3) is 0 Å². The molecule has 2 N–H and O–H groups in total. The molecule has 21 heavy (non-hydrogen) atoms. The molecule has 0 saturated carbocycles. The van der Waals surface area contributed by atoms with Gasteiger partial charge in [-0.1, -0.05) is 19.8 Å². The van der Waals surface area contributed by atoms with Crippen molar-refractivity contribution in [1.29, 1.82) is 5.41 Å². The summed E-state index contributed by atoms with van der Waals surface area (Å²) in [5, 5.41) is 9.47. The summed E-state index contributed by atoms with van der Waals surface area (Å²) in [4.78, 5) is 34.8. The van der Waals surface area contributed by atoms with Crippen molar-refractivity contribution in [2.24, 2.45) is 0 Å². The van der Waals surface area contributed by atoms with Crippen molar-refractivity contribution in [1.82, 2.24) is 5.32 Å². The zero-order valence-corrected chi connectivity index (χ0v) is 13.1. The third-order valence-corrected chi connectivity index (χ3v) is 2.82. The first-order chi connectivity index (χ1) is 9.90. The van der Waals surface area contributed by atoms with E-state index in [9.17, 15) is 14.4 Å². The van der Waals surface area contributed by atoms with E-state index in [4.69, 9.17) is 10.1 Å². The number of unbranched alkanes of at least 4 members (excludes halogenated alkanes) is 2. The normalized spacial score (nSPS) is 11.8. The summed E-state index contributed by atoms with van der Waals surface area (Å²) < 4.78 is 5.08. The molecule has 1 amide bonds. The van der Waals surface area contributed by atoms with Crippen molar-refractivity contribution in [2.45, 2.75) is 71.4 Å². The Hall–Kier alpha value is -1.72. The number of rotatable bonds is 11. The van der Waals surface area contributed by atoms with Crippen LogP contribution in [-0.2, 0) is 19.1 Å². The molecule has 0 aromatic carbocycles. The molecule has 0 aliphatic heterocycles. The molecule has 120 valence electrons. The highest BCUT2D eigenvalue weighted by Crippen LogP contribution is 2.05. The highest BCUT2D eigenvalue weighted by atomic mass is 16.5. The highest BCUT2D eigenvalue weighted by Gasteiger charge is 2.23. The molecule has 0 saturated heterocycles. The van der Waals surface area contributed by atoms with Crippen LogP contribution in [-0.4, -0.2) is 36.0 Å². The van der Waals surface area contributed by atoms with E-state index >= 15 is 0 Å². The monoisotopic (exact) mass is 298 g/mol. The van der Waals surface area contributed by atoms with E-state index < -0.39 is 12.0 Å². The maximum atomic E-state index is 11.9. The van der Waals surface area contributed by atoms with Crippen LogP contribution in [0, 0.1) is 5.41 Å². The topological polar surface area (TPSA) is 96.3 Å². The SMILES string of the molecule is CCCCCC(=O)N[C@@H](CCC(=O)C=N)C(=O)OC(C)C. The lowest BCUT2D eigenvalue weighted by atomic mass is 10.1. The molecule has 1 atom stereocenters. The summed E-state index contributed by atoms with van der Waals surface area (Å²) >= 11 is 0.